The highest BCUT2D eigenvalue weighted by molar-refractivity contribution is 5.90. The van der Waals surface area contributed by atoms with Gasteiger partial charge in [0.1, 0.15) is 29.0 Å². The Balaban J connectivity index is 1.52. The van der Waals surface area contributed by atoms with Crippen LogP contribution in [0.1, 0.15) is 107 Å². The largest absolute Gasteiger partial charge is 0.484 e. The fourth-order valence-corrected chi connectivity index (χ4v) is 4.91. The summed E-state index contributed by atoms with van der Waals surface area (Å²) in [4.78, 5) is 34.2. The van der Waals surface area contributed by atoms with Crippen molar-refractivity contribution in [2.24, 2.45) is 5.41 Å². The van der Waals surface area contributed by atoms with Gasteiger partial charge in [0.05, 0.1) is 24.5 Å². The summed E-state index contributed by atoms with van der Waals surface area (Å²) < 4.78 is 13.1. The molecule has 0 radical (unpaired) electrons. The first kappa shape index (κ1) is 32.4. The van der Waals surface area contributed by atoms with E-state index in [-0.39, 0.29) is 41.3 Å². The third kappa shape index (κ3) is 7.32. The number of rotatable bonds is 8. The van der Waals surface area contributed by atoms with E-state index < -0.39 is 17.4 Å². The molecule has 0 fully saturated rings. The Morgan fingerprint density at radius 3 is 2.39 bits per heavy atom. The van der Waals surface area contributed by atoms with Crippen molar-refractivity contribution in [1.82, 2.24) is 19.9 Å². The molecule has 0 aliphatic heterocycles. The monoisotopic (exact) mass is 601 g/mol. The van der Waals surface area contributed by atoms with Gasteiger partial charge in [-0.05, 0) is 49.4 Å². The number of aromatic nitrogens is 3. The van der Waals surface area contributed by atoms with Gasteiger partial charge in [-0.15, -0.1) is 0 Å². The van der Waals surface area contributed by atoms with Crippen LogP contribution in [0.3, 0.4) is 0 Å². The Labute approximate surface area is 258 Å². The molecule has 2 atom stereocenters. The van der Waals surface area contributed by atoms with Crippen LogP contribution in [0.15, 0.2) is 48.7 Å². The van der Waals surface area contributed by atoms with Gasteiger partial charge in [0, 0.05) is 16.9 Å². The molecule has 0 bridgehead atoms. The topological polar surface area (TPSA) is 155 Å². The van der Waals surface area contributed by atoms with Crippen molar-refractivity contribution in [3.05, 3.63) is 76.8 Å². The van der Waals surface area contributed by atoms with E-state index in [1.165, 1.54) is 0 Å². The third-order valence-electron chi connectivity index (χ3n) is 7.90. The highest BCUT2D eigenvalue weighted by Gasteiger charge is 2.30. The lowest BCUT2D eigenvalue weighted by molar-refractivity contribution is 0.0511. The standard InChI is InChI=1S/C33H43N7O4/c1-8-33(6,7)30(35)40-19-20(14-17-26(40)34)44-24-16-15-23(21-12-10-11-13-22(21)24)36-31(42)39-27-18-25(32(3,4)5)37-28(38-27)29(41)43-9-2/h10-14,17-19,23-24,34-35H,8-9,15-16H2,1-7H3,(H2,36,37,38,39,42). The van der Waals surface area contributed by atoms with Gasteiger partial charge in [0.15, 0.2) is 0 Å². The normalized spacial score (nSPS) is 16.4. The summed E-state index contributed by atoms with van der Waals surface area (Å²) in [6.07, 6.45) is 3.46. The predicted molar refractivity (Wildman–Crippen MR) is 168 cm³/mol. The second-order valence-electron chi connectivity index (χ2n) is 12.6. The molecule has 11 nitrogen and oxygen atoms in total. The number of pyridine rings is 1. The van der Waals surface area contributed by atoms with Gasteiger partial charge in [-0.25, -0.2) is 19.6 Å². The number of esters is 1. The van der Waals surface area contributed by atoms with Crippen molar-refractivity contribution in [1.29, 1.82) is 10.8 Å². The first-order chi connectivity index (χ1) is 20.7. The smallest absolute Gasteiger partial charge is 0.376 e. The number of hydrogen-bond donors (Lipinski definition) is 4. The maximum absolute atomic E-state index is 13.2. The van der Waals surface area contributed by atoms with E-state index in [2.05, 4.69) is 20.6 Å². The molecular weight excluding hydrogens is 558 g/mol. The minimum atomic E-state index is -0.650. The van der Waals surface area contributed by atoms with Crippen LogP contribution in [0.4, 0.5) is 10.6 Å². The molecule has 1 aromatic carbocycles. The Hall–Kier alpha value is -4.54. The van der Waals surface area contributed by atoms with Crippen LogP contribution in [0.2, 0.25) is 0 Å². The van der Waals surface area contributed by atoms with Gasteiger partial charge in [0.25, 0.3) is 0 Å². The summed E-state index contributed by atoms with van der Waals surface area (Å²) in [5, 5.41) is 22.9. The fraction of sp³-hybridized carbons (Fsp3) is 0.455. The van der Waals surface area contributed by atoms with Gasteiger partial charge < -0.3 is 14.8 Å². The maximum atomic E-state index is 13.2. The molecule has 2 heterocycles. The van der Waals surface area contributed by atoms with Gasteiger partial charge in [0.2, 0.25) is 5.82 Å². The van der Waals surface area contributed by atoms with E-state index in [0.717, 1.165) is 17.5 Å². The van der Waals surface area contributed by atoms with Crippen LogP contribution in [0.25, 0.3) is 0 Å². The lowest BCUT2D eigenvalue weighted by Gasteiger charge is -2.32. The molecule has 4 rings (SSSR count). The summed E-state index contributed by atoms with van der Waals surface area (Å²) in [6.45, 7) is 13.8. The zero-order chi connectivity index (χ0) is 32.2. The lowest BCUT2D eigenvalue weighted by atomic mass is 9.85. The molecule has 11 heteroatoms. The van der Waals surface area contributed by atoms with E-state index in [0.29, 0.717) is 30.1 Å². The highest BCUT2D eigenvalue weighted by Crippen LogP contribution is 2.38. The van der Waals surface area contributed by atoms with Gasteiger partial charge in [-0.2, -0.15) is 0 Å². The molecule has 1 aliphatic rings. The molecule has 234 valence electrons. The Morgan fingerprint density at radius 2 is 1.73 bits per heavy atom. The van der Waals surface area contributed by atoms with E-state index in [4.69, 9.17) is 20.3 Å². The van der Waals surface area contributed by atoms with E-state index in [1.54, 1.807) is 35.9 Å². The number of urea groups is 1. The van der Waals surface area contributed by atoms with Gasteiger partial charge in [-0.1, -0.05) is 65.8 Å². The molecule has 44 heavy (non-hydrogen) atoms. The molecule has 0 saturated carbocycles. The average Bonchev–Trinajstić information content (AvgIpc) is 2.98. The summed E-state index contributed by atoms with van der Waals surface area (Å²) in [5.74, 6) is 0.354. The second kappa shape index (κ2) is 13.0. The van der Waals surface area contributed by atoms with Crippen LogP contribution in [0, 0.1) is 16.2 Å². The lowest BCUT2D eigenvalue weighted by Crippen LogP contribution is -2.36. The third-order valence-corrected chi connectivity index (χ3v) is 7.90. The van der Waals surface area contributed by atoms with Crippen molar-refractivity contribution in [2.45, 2.75) is 85.3 Å². The quantitative estimate of drug-likeness (QED) is 0.135. The number of amides is 2. The van der Waals surface area contributed by atoms with Crippen molar-refractivity contribution in [2.75, 3.05) is 11.9 Å². The number of nitrogens with one attached hydrogen (secondary N) is 4. The Kier molecular flexibility index (Phi) is 9.56. The predicted octanol–water partition coefficient (Wildman–Crippen LogP) is 6.27. The van der Waals surface area contributed by atoms with Crippen molar-refractivity contribution >= 4 is 23.7 Å². The molecule has 0 spiro atoms. The van der Waals surface area contributed by atoms with E-state index in [9.17, 15) is 9.59 Å². The van der Waals surface area contributed by atoms with Gasteiger partial charge in [-0.3, -0.25) is 20.7 Å². The number of hydrogen-bond acceptors (Lipinski definition) is 8. The number of nitrogens with zero attached hydrogens (tertiary/aromatic N) is 3. The second-order valence-corrected chi connectivity index (χ2v) is 12.6. The summed E-state index contributed by atoms with van der Waals surface area (Å²) in [6, 6.07) is 12.2. The number of carbonyl (C=O) groups excluding carboxylic acids is 2. The minimum absolute atomic E-state index is 0.106. The fourth-order valence-electron chi connectivity index (χ4n) is 4.91. The van der Waals surface area contributed by atoms with E-state index in [1.807, 2.05) is 65.8 Å². The highest BCUT2D eigenvalue weighted by atomic mass is 16.5. The summed E-state index contributed by atoms with van der Waals surface area (Å²) in [5.41, 5.74) is 1.93. The number of benzene rings is 1. The molecule has 2 aromatic heterocycles. The van der Waals surface area contributed by atoms with Crippen LogP contribution in [-0.2, 0) is 10.2 Å². The number of fused-ring (bicyclic) bond motifs is 1. The molecule has 3 aromatic rings. The van der Waals surface area contributed by atoms with Crippen molar-refractivity contribution in [3.63, 3.8) is 0 Å². The molecular formula is C33H43N7O4. The molecule has 0 saturated heterocycles. The maximum Gasteiger partial charge on any atom is 0.376 e. The molecule has 2 unspecified atom stereocenters. The number of carbonyl (C=O) groups is 2. The van der Waals surface area contributed by atoms with Crippen LogP contribution >= 0.6 is 0 Å². The Morgan fingerprint density at radius 1 is 1.02 bits per heavy atom. The van der Waals surface area contributed by atoms with Crippen molar-refractivity contribution in [3.8, 4) is 5.75 Å². The zero-order valence-corrected chi connectivity index (χ0v) is 26.6. The van der Waals surface area contributed by atoms with Crippen LogP contribution in [0.5, 0.6) is 5.75 Å². The average molecular weight is 602 g/mol. The number of anilines is 1. The molecule has 2 amide bonds. The first-order valence-corrected chi connectivity index (χ1v) is 15.0. The zero-order valence-electron chi connectivity index (χ0n) is 26.6. The van der Waals surface area contributed by atoms with Crippen molar-refractivity contribution < 1.29 is 19.1 Å². The summed E-state index contributed by atoms with van der Waals surface area (Å²) >= 11 is 0. The molecule has 1 aliphatic carbocycles. The van der Waals surface area contributed by atoms with Gasteiger partial charge >= 0.3 is 12.0 Å². The molecule has 4 N–H and O–H groups in total. The SMILES string of the molecule is CCOC(=O)c1nc(NC(=O)NC2CCC(Oc3ccc(=N)n(C(=N)C(C)(C)CC)c3)c3ccccc32)cc(C(C)(C)C)n1. The van der Waals surface area contributed by atoms with E-state index >= 15 is 0 Å². The first-order valence-electron chi connectivity index (χ1n) is 15.0. The van der Waals surface area contributed by atoms with Crippen LogP contribution in [-0.4, -0.2) is 39.0 Å². The minimum Gasteiger partial charge on any atom is -0.484 e. The summed E-state index contributed by atoms with van der Waals surface area (Å²) in [7, 11) is 0. The number of ether oxygens (including phenoxy) is 2. The Bertz CT molecular complexity index is 1610. The van der Waals surface area contributed by atoms with Crippen LogP contribution < -0.4 is 20.9 Å².